The lowest BCUT2D eigenvalue weighted by Crippen LogP contribution is -2.23. The van der Waals surface area contributed by atoms with E-state index in [0.717, 1.165) is 37.4 Å². The van der Waals surface area contributed by atoms with E-state index in [4.69, 9.17) is 9.15 Å². The van der Waals surface area contributed by atoms with Crippen LogP contribution in [0.2, 0.25) is 0 Å². The number of aliphatic hydroxyl groups is 1. The fourth-order valence-corrected chi connectivity index (χ4v) is 3.30. The summed E-state index contributed by atoms with van der Waals surface area (Å²) >= 11 is 0. The molecule has 0 aliphatic rings. The third-order valence-corrected chi connectivity index (χ3v) is 5.15. The monoisotopic (exact) mass is 448 g/mol. The van der Waals surface area contributed by atoms with E-state index in [1.165, 1.54) is 6.34 Å². The topological polar surface area (TPSA) is 92.3 Å². The highest BCUT2D eigenvalue weighted by Crippen LogP contribution is 2.29. The van der Waals surface area contributed by atoms with Crippen molar-refractivity contribution in [3.63, 3.8) is 0 Å². The lowest BCUT2D eigenvalue weighted by Gasteiger charge is -2.23. The van der Waals surface area contributed by atoms with E-state index in [2.05, 4.69) is 4.99 Å². The van der Waals surface area contributed by atoms with Crippen LogP contribution in [0.15, 0.2) is 70.3 Å². The number of unbranched alkanes of at least 4 members (excludes halogenated alkanes) is 3. The first kappa shape index (κ1) is 23.9. The van der Waals surface area contributed by atoms with Gasteiger partial charge in [0.25, 0.3) is 0 Å². The lowest BCUT2D eigenvalue weighted by atomic mass is 10.1. The Morgan fingerprint density at radius 3 is 2.70 bits per heavy atom. The molecule has 1 atom stereocenters. The van der Waals surface area contributed by atoms with Gasteiger partial charge in [-0.05, 0) is 49.6 Å². The van der Waals surface area contributed by atoms with E-state index in [0.29, 0.717) is 41.4 Å². The van der Waals surface area contributed by atoms with Gasteiger partial charge >= 0.3 is 0 Å². The summed E-state index contributed by atoms with van der Waals surface area (Å²) in [6.07, 6.45) is 6.89. The summed E-state index contributed by atoms with van der Waals surface area (Å²) in [5, 5.41) is 10.9. The van der Waals surface area contributed by atoms with Crippen molar-refractivity contribution in [2.45, 2.75) is 31.9 Å². The van der Waals surface area contributed by atoms with Gasteiger partial charge in [0.1, 0.15) is 17.8 Å². The number of aldehydes is 2. The Balaban J connectivity index is 1.69. The average Bonchev–Trinajstić information content (AvgIpc) is 3.39. The summed E-state index contributed by atoms with van der Waals surface area (Å²) in [5.74, 6) is 1.27. The number of hydrogen-bond acceptors (Lipinski definition) is 6. The summed E-state index contributed by atoms with van der Waals surface area (Å²) in [6, 6.07) is 16.2. The van der Waals surface area contributed by atoms with E-state index < -0.39 is 6.23 Å². The second-order valence-electron chi connectivity index (χ2n) is 7.55. The molecule has 0 amide bonds. The Morgan fingerprint density at radius 1 is 1.09 bits per heavy atom. The molecule has 0 fully saturated rings. The minimum Gasteiger partial charge on any atom is -0.493 e. The highest BCUT2D eigenvalue weighted by atomic mass is 16.5. The predicted molar refractivity (Wildman–Crippen MR) is 127 cm³/mol. The van der Waals surface area contributed by atoms with Crippen LogP contribution in [0, 0.1) is 0 Å². The largest absolute Gasteiger partial charge is 0.493 e. The summed E-state index contributed by atoms with van der Waals surface area (Å²) in [6.45, 7) is 0.503. The maximum atomic E-state index is 11.5. The molecule has 7 nitrogen and oxygen atoms in total. The molecule has 1 N–H and O–H groups in total. The Bertz CT molecular complexity index is 1060. The number of nitrogens with zero attached hydrogens (tertiary/aromatic N) is 2. The van der Waals surface area contributed by atoms with Gasteiger partial charge in [-0.15, -0.1) is 0 Å². The van der Waals surface area contributed by atoms with Gasteiger partial charge in [-0.3, -0.25) is 4.79 Å². The number of carbonyl (C=O) groups excluding carboxylic acids is 2. The molecule has 0 aliphatic carbocycles. The molecule has 1 heterocycles. The summed E-state index contributed by atoms with van der Waals surface area (Å²) in [5.41, 5.74) is 2.31. The number of aliphatic imine (C=N–C) groups is 1. The number of rotatable bonds is 13. The smallest absolute Gasteiger partial charge is 0.157 e. The summed E-state index contributed by atoms with van der Waals surface area (Å²) < 4.78 is 11.3. The number of aliphatic hydroxyl groups excluding tert-OH is 1. The van der Waals surface area contributed by atoms with Crippen molar-refractivity contribution < 1.29 is 23.8 Å². The first-order valence-corrected chi connectivity index (χ1v) is 10.9. The van der Waals surface area contributed by atoms with Crippen LogP contribution in [-0.2, 0) is 4.79 Å². The van der Waals surface area contributed by atoms with Gasteiger partial charge in [-0.2, -0.15) is 0 Å². The first-order chi connectivity index (χ1) is 16.1. The van der Waals surface area contributed by atoms with E-state index >= 15 is 0 Å². The van der Waals surface area contributed by atoms with Gasteiger partial charge in [0.2, 0.25) is 0 Å². The maximum absolute atomic E-state index is 11.5. The van der Waals surface area contributed by atoms with Crippen LogP contribution in [-0.4, -0.2) is 42.6 Å². The number of benzene rings is 2. The van der Waals surface area contributed by atoms with Gasteiger partial charge < -0.3 is 24.0 Å². The lowest BCUT2D eigenvalue weighted by molar-refractivity contribution is -0.107. The molecule has 2 aromatic carbocycles. The van der Waals surface area contributed by atoms with Gasteiger partial charge in [0.15, 0.2) is 12.5 Å². The minimum atomic E-state index is -0.993. The van der Waals surface area contributed by atoms with E-state index in [1.54, 1.807) is 48.5 Å². The average molecular weight is 449 g/mol. The Kier molecular flexibility index (Phi) is 8.97. The van der Waals surface area contributed by atoms with Gasteiger partial charge in [-0.1, -0.05) is 24.3 Å². The van der Waals surface area contributed by atoms with Crippen LogP contribution >= 0.6 is 0 Å². The molecular weight excluding hydrogens is 420 g/mol. The highest BCUT2D eigenvalue weighted by Gasteiger charge is 2.16. The van der Waals surface area contributed by atoms with Crippen LogP contribution in [0.25, 0.3) is 11.3 Å². The fourth-order valence-electron chi connectivity index (χ4n) is 3.30. The van der Waals surface area contributed by atoms with Crippen molar-refractivity contribution in [1.29, 1.82) is 0 Å². The van der Waals surface area contributed by atoms with Crippen molar-refractivity contribution in [3.05, 3.63) is 72.0 Å². The molecule has 3 aromatic rings. The van der Waals surface area contributed by atoms with Crippen molar-refractivity contribution in [2.24, 2.45) is 4.99 Å². The van der Waals surface area contributed by atoms with Crippen molar-refractivity contribution in [3.8, 4) is 17.1 Å². The van der Waals surface area contributed by atoms with Crippen LogP contribution in [0.3, 0.4) is 0 Å². The van der Waals surface area contributed by atoms with Gasteiger partial charge in [0, 0.05) is 30.2 Å². The summed E-state index contributed by atoms with van der Waals surface area (Å²) in [7, 11) is 1.70. The van der Waals surface area contributed by atoms with Crippen LogP contribution < -0.4 is 4.74 Å². The number of ether oxygens (including phenoxy) is 1. The zero-order valence-corrected chi connectivity index (χ0v) is 18.6. The van der Waals surface area contributed by atoms with E-state index in [9.17, 15) is 14.7 Å². The molecule has 7 heteroatoms. The highest BCUT2D eigenvalue weighted by molar-refractivity contribution is 5.86. The van der Waals surface area contributed by atoms with Gasteiger partial charge in [0.05, 0.1) is 24.9 Å². The molecular formula is C26H28N2O5. The van der Waals surface area contributed by atoms with Crippen molar-refractivity contribution >= 4 is 24.6 Å². The molecule has 33 heavy (non-hydrogen) atoms. The number of furan rings is 1. The third kappa shape index (κ3) is 6.63. The second-order valence-corrected chi connectivity index (χ2v) is 7.55. The zero-order valence-electron chi connectivity index (χ0n) is 18.6. The van der Waals surface area contributed by atoms with E-state index in [1.807, 2.05) is 24.3 Å². The molecule has 0 spiro atoms. The molecule has 0 radical (unpaired) electrons. The quantitative estimate of drug-likeness (QED) is 0.127. The van der Waals surface area contributed by atoms with Crippen LogP contribution in [0.4, 0.5) is 5.69 Å². The van der Waals surface area contributed by atoms with Gasteiger partial charge in [-0.25, -0.2) is 4.99 Å². The summed E-state index contributed by atoms with van der Waals surface area (Å²) in [4.78, 5) is 27.8. The number of carbonyl (C=O) groups is 2. The van der Waals surface area contributed by atoms with Crippen molar-refractivity contribution in [2.75, 3.05) is 13.7 Å². The molecule has 0 saturated carbocycles. The van der Waals surface area contributed by atoms with Crippen LogP contribution in [0.5, 0.6) is 5.75 Å². The molecule has 0 aliphatic heterocycles. The Morgan fingerprint density at radius 2 is 1.94 bits per heavy atom. The Hall–Kier alpha value is -3.71. The number of hydrogen-bond donors (Lipinski definition) is 1. The van der Waals surface area contributed by atoms with Crippen LogP contribution in [0.1, 0.15) is 47.8 Å². The van der Waals surface area contributed by atoms with Crippen molar-refractivity contribution in [1.82, 2.24) is 4.90 Å². The normalized spacial score (nSPS) is 11.9. The Labute approximate surface area is 193 Å². The van der Waals surface area contributed by atoms with E-state index in [-0.39, 0.29) is 0 Å². The molecule has 1 aromatic heterocycles. The molecule has 0 saturated heterocycles. The maximum Gasteiger partial charge on any atom is 0.157 e. The predicted octanol–water partition coefficient (Wildman–Crippen LogP) is 5.18. The standard InChI is InChI=1S/C26H28N2O5/c1-28(19-27-23-17-20(12-13-21(23)18-30)24-11-8-16-32-24)26(31)22-9-4-5-10-25(22)33-15-7-3-2-6-14-29/h4-5,8-14,16-19,26,31H,2-3,6-7,15H2,1H3. The fraction of sp³-hybridized carbons (Fsp3) is 0.269. The molecule has 0 bridgehead atoms. The second kappa shape index (κ2) is 12.4. The SMILES string of the molecule is CN(C=Nc1cc(-c2ccco2)ccc1C=O)C(O)c1ccccc1OCCCCCC=O. The number of para-hydroxylation sites is 1. The zero-order chi connectivity index (χ0) is 23.5. The molecule has 1 unspecified atom stereocenters. The molecule has 3 rings (SSSR count). The molecule has 172 valence electrons. The first-order valence-electron chi connectivity index (χ1n) is 10.9. The minimum absolute atomic E-state index is 0.433. The third-order valence-electron chi connectivity index (χ3n) is 5.15.